The fourth-order valence-electron chi connectivity index (χ4n) is 3.49. The zero-order valence-corrected chi connectivity index (χ0v) is 20.9. The number of fused-ring (bicyclic) bond motifs is 1. The molecule has 4 aromatic rings. The van der Waals surface area contributed by atoms with E-state index in [2.05, 4.69) is 4.98 Å². The number of rotatable bonds is 7. The van der Waals surface area contributed by atoms with E-state index in [4.69, 9.17) is 4.74 Å². The van der Waals surface area contributed by atoms with Crippen LogP contribution in [0.1, 0.15) is 28.3 Å². The standard InChI is InChI=1S/C25H25N3O4S2/c1-17(24-26-22-10-5-6-11-23(22)33-24)27(2)25(29)18-8-7-9-21(16-18)34(30,31)28(3)19-12-14-20(32-4)15-13-19/h5-17H,1-4H3/t17-/m0/s1. The minimum absolute atomic E-state index is 0.0395. The van der Waals surface area contributed by atoms with Gasteiger partial charge in [-0.3, -0.25) is 9.10 Å². The first-order valence-electron chi connectivity index (χ1n) is 10.6. The Morgan fingerprint density at radius 1 is 1.00 bits per heavy atom. The summed E-state index contributed by atoms with van der Waals surface area (Å²) in [6.45, 7) is 1.91. The molecule has 1 amide bonds. The average molecular weight is 496 g/mol. The van der Waals surface area contributed by atoms with Crippen LogP contribution in [0.3, 0.4) is 0 Å². The van der Waals surface area contributed by atoms with E-state index in [9.17, 15) is 13.2 Å². The molecule has 0 N–H and O–H groups in total. The van der Waals surface area contributed by atoms with Crippen LogP contribution in [-0.4, -0.2) is 45.4 Å². The third-order valence-electron chi connectivity index (χ3n) is 5.74. The van der Waals surface area contributed by atoms with Crippen molar-refractivity contribution in [3.05, 3.63) is 83.4 Å². The molecular formula is C25H25N3O4S2. The zero-order chi connectivity index (χ0) is 24.5. The number of amides is 1. The molecule has 9 heteroatoms. The van der Waals surface area contributed by atoms with E-state index in [1.807, 2.05) is 31.2 Å². The van der Waals surface area contributed by atoms with Crippen molar-refractivity contribution < 1.29 is 17.9 Å². The van der Waals surface area contributed by atoms with Crippen molar-refractivity contribution in [2.45, 2.75) is 17.9 Å². The van der Waals surface area contributed by atoms with E-state index in [-0.39, 0.29) is 16.8 Å². The maximum Gasteiger partial charge on any atom is 0.264 e. The van der Waals surface area contributed by atoms with Crippen LogP contribution in [0.15, 0.2) is 77.7 Å². The van der Waals surface area contributed by atoms with Crippen molar-refractivity contribution in [2.75, 3.05) is 25.5 Å². The number of thiazole rings is 1. The Bertz CT molecular complexity index is 1400. The first-order valence-corrected chi connectivity index (χ1v) is 12.8. The van der Waals surface area contributed by atoms with E-state index in [1.54, 1.807) is 66.8 Å². The van der Waals surface area contributed by atoms with Gasteiger partial charge in [-0.1, -0.05) is 18.2 Å². The third-order valence-corrected chi connectivity index (χ3v) is 8.73. The Morgan fingerprint density at radius 2 is 1.71 bits per heavy atom. The second kappa shape index (κ2) is 9.44. The van der Waals surface area contributed by atoms with Gasteiger partial charge in [0.2, 0.25) is 0 Å². The molecule has 0 saturated carbocycles. The monoisotopic (exact) mass is 495 g/mol. The molecule has 34 heavy (non-hydrogen) atoms. The van der Waals surface area contributed by atoms with Crippen LogP contribution in [0.5, 0.6) is 5.75 Å². The fourth-order valence-corrected chi connectivity index (χ4v) is 5.80. The van der Waals surface area contributed by atoms with E-state index < -0.39 is 10.0 Å². The van der Waals surface area contributed by atoms with Gasteiger partial charge in [-0.15, -0.1) is 11.3 Å². The summed E-state index contributed by atoms with van der Waals surface area (Å²) in [5.41, 5.74) is 1.67. The maximum absolute atomic E-state index is 13.2. The number of benzene rings is 3. The van der Waals surface area contributed by atoms with Crippen LogP contribution >= 0.6 is 11.3 Å². The summed E-state index contributed by atoms with van der Waals surface area (Å²) in [6, 6.07) is 20.4. The SMILES string of the molecule is COc1ccc(N(C)S(=O)(=O)c2cccc(C(=O)N(C)[C@@H](C)c3nc4ccccc4s3)c2)cc1. The summed E-state index contributed by atoms with van der Waals surface area (Å²) in [4.78, 5) is 19.5. The van der Waals surface area contributed by atoms with Gasteiger partial charge in [-0.25, -0.2) is 13.4 Å². The number of methoxy groups -OCH3 is 1. The largest absolute Gasteiger partial charge is 0.497 e. The molecule has 0 aliphatic carbocycles. The van der Waals surface area contributed by atoms with Crippen LogP contribution in [0.25, 0.3) is 10.2 Å². The number of hydrogen-bond donors (Lipinski definition) is 0. The van der Waals surface area contributed by atoms with Gasteiger partial charge in [0, 0.05) is 19.7 Å². The van der Waals surface area contributed by atoms with Crippen molar-refractivity contribution in [2.24, 2.45) is 0 Å². The van der Waals surface area contributed by atoms with Gasteiger partial charge in [0.25, 0.3) is 15.9 Å². The molecule has 176 valence electrons. The molecule has 0 aliphatic heterocycles. The third kappa shape index (κ3) is 4.49. The van der Waals surface area contributed by atoms with E-state index >= 15 is 0 Å². The molecule has 4 rings (SSSR count). The summed E-state index contributed by atoms with van der Waals surface area (Å²) >= 11 is 1.54. The van der Waals surface area contributed by atoms with Crippen molar-refractivity contribution in [1.82, 2.24) is 9.88 Å². The highest BCUT2D eigenvalue weighted by Gasteiger charge is 2.25. The highest BCUT2D eigenvalue weighted by Crippen LogP contribution is 2.30. The lowest BCUT2D eigenvalue weighted by Gasteiger charge is -2.24. The Kier molecular flexibility index (Phi) is 6.58. The van der Waals surface area contributed by atoms with E-state index in [1.165, 1.54) is 23.5 Å². The van der Waals surface area contributed by atoms with Crippen molar-refractivity contribution in [1.29, 1.82) is 0 Å². The smallest absolute Gasteiger partial charge is 0.264 e. The Balaban J connectivity index is 1.58. The molecule has 1 aromatic heterocycles. The summed E-state index contributed by atoms with van der Waals surface area (Å²) in [7, 11) is 0.854. The fraction of sp³-hybridized carbons (Fsp3) is 0.200. The number of sulfonamides is 1. The maximum atomic E-state index is 13.2. The quantitative estimate of drug-likeness (QED) is 0.362. The zero-order valence-electron chi connectivity index (χ0n) is 19.3. The van der Waals surface area contributed by atoms with Crippen molar-refractivity contribution in [3.8, 4) is 5.75 Å². The number of anilines is 1. The number of carbonyl (C=O) groups is 1. The number of para-hydroxylation sites is 1. The van der Waals surface area contributed by atoms with Crippen LogP contribution in [0, 0.1) is 0 Å². The number of hydrogen-bond acceptors (Lipinski definition) is 6. The molecule has 7 nitrogen and oxygen atoms in total. The lowest BCUT2D eigenvalue weighted by Crippen LogP contribution is -2.30. The van der Waals surface area contributed by atoms with Crippen LogP contribution < -0.4 is 9.04 Å². The van der Waals surface area contributed by atoms with E-state index in [0.29, 0.717) is 17.0 Å². The molecular weight excluding hydrogens is 470 g/mol. The number of nitrogens with zero attached hydrogens (tertiary/aromatic N) is 3. The van der Waals surface area contributed by atoms with Gasteiger partial charge in [0.05, 0.1) is 34.0 Å². The predicted octanol–water partition coefficient (Wildman–Crippen LogP) is 4.96. The normalized spacial score (nSPS) is 12.4. The molecule has 3 aromatic carbocycles. The predicted molar refractivity (Wildman–Crippen MR) is 135 cm³/mol. The molecule has 0 spiro atoms. The molecule has 1 heterocycles. The van der Waals surface area contributed by atoms with Crippen LogP contribution in [0.4, 0.5) is 5.69 Å². The van der Waals surface area contributed by atoms with Gasteiger partial charge < -0.3 is 9.64 Å². The van der Waals surface area contributed by atoms with Gasteiger partial charge >= 0.3 is 0 Å². The topological polar surface area (TPSA) is 79.8 Å². The van der Waals surface area contributed by atoms with Crippen molar-refractivity contribution in [3.63, 3.8) is 0 Å². The molecule has 0 radical (unpaired) electrons. The molecule has 0 bridgehead atoms. The lowest BCUT2D eigenvalue weighted by atomic mass is 10.2. The van der Waals surface area contributed by atoms with Gasteiger partial charge in [0.15, 0.2) is 0 Å². The second-order valence-electron chi connectivity index (χ2n) is 7.81. The summed E-state index contributed by atoms with van der Waals surface area (Å²) < 4.78 is 33.9. The van der Waals surface area contributed by atoms with Crippen LogP contribution in [0.2, 0.25) is 0 Å². The van der Waals surface area contributed by atoms with Crippen molar-refractivity contribution >= 4 is 43.2 Å². The van der Waals surface area contributed by atoms with Gasteiger partial charge in [-0.2, -0.15) is 0 Å². The molecule has 0 saturated heterocycles. The highest BCUT2D eigenvalue weighted by atomic mass is 32.2. The summed E-state index contributed by atoms with van der Waals surface area (Å²) in [6.07, 6.45) is 0. The Hall–Kier alpha value is -3.43. The summed E-state index contributed by atoms with van der Waals surface area (Å²) in [5, 5.41) is 0.820. The first-order chi connectivity index (χ1) is 16.2. The molecule has 0 aliphatic rings. The average Bonchev–Trinajstić information content (AvgIpc) is 3.31. The second-order valence-corrected chi connectivity index (χ2v) is 10.8. The first kappa shape index (κ1) is 23.7. The lowest BCUT2D eigenvalue weighted by molar-refractivity contribution is 0.0742. The van der Waals surface area contributed by atoms with E-state index in [0.717, 1.165) is 15.2 Å². The summed E-state index contributed by atoms with van der Waals surface area (Å²) in [5.74, 6) is 0.350. The molecule has 1 atom stereocenters. The van der Waals surface area contributed by atoms with Gasteiger partial charge in [-0.05, 0) is 61.5 Å². The highest BCUT2D eigenvalue weighted by molar-refractivity contribution is 7.92. The number of ether oxygens (including phenoxy) is 1. The Labute approximate surface area is 203 Å². The minimum atomic E-state index is -3.87. The number of aromatic nitrogens is 1. The van der Waals surface area contributed by atoms with Gasteiger partial charge in [0.1, 0.15) is 10.8 Å². The number of carbonyl (C=O) groups excluding carboxylic acids is 1. The van der Waals surface area contributed by atoms with Crippen LogP contribution in [-0.2, 0) is 10.0 Å². The minimum Gasteiger partial charge on any atom is -0.497 e. The molecule has 0 fully saturated rings. The Morgan fingerprint density at radius 3 is 2.38 bits per heavy atom. The molecule has 0 unspecified atom stereocenters.